The zero-order valence-corrected chi connectivity index (χ0v) is 15.1. The summed E-state index contributed by atoms with van der Waals surface area (Å²) in [5.41, 5.74) is 2.88. The van der Waals surface area contributed by atoms with Gasteiger partial charge in [-0.15, -0.1) is 5.10 Å². The second kappa shape index (κ2) is 5.96. The van der Waals surface area contributed by atoms with Crippen LogP contribution in [0.5, 0.6) is 0 Å². The van der Waals surface area contributed by atoms with Crippen molar-refractivity contribution in [2.24, 2.45) is 0 Å². The lowest BCUT2D eigenvalue weighted by Gasteiger charge is -1.98. The van der Waals surface area contributed by atoms with Gasteiger partial charge in [-0.1, -0.05) is 63.7 Å². The Kier molecular flexibility index (Phi) is 3.78. The molecule has 2 heterocycles. The van der Waals surface area contributed by atoms with Crippen molar-refractivity contribution in [1.82, 2.24) is 14.6 Å². The lowest BCUT2D eigenvalue weighted by Crippen LogP contribution is -2.23. The number of aryl methyl sites for hydroxylation is 1. The zero-order chi connectivity index (χ0) is 16.7. The van der Waals surface area contributed by atoms with Crippen molar-refractivity contribution in [2.75, 3.05) is 0 Å². The number of nitrogens with zero attached hydrogens (tertiary/aromatic N) is 3. The highest BCUT2D eigenvalue weighted by molar-refractivity contribution is 9.10. The van der Waals surface area contributed by atoms with Crippen molar-refractivity contribution in [3.8, 4) is 11.4 Å². The molecule has 0 N–H and O–H groups in total. The molecule has 0 amide bonds. The van der Waals surface area contributed by atoms with Gasteiger partial charge < -0.3 is 0 Å². The lowest BCUT2D eigenvalue weighted by molar-refractivity contribution is 0.936. The Hall–Kier alpha value is -2.31. The molecule has 0 aliphatic carbocycles. The van der Waals surface area contributed by atoms with Crippen LogP contribution in [-0.4, -0.2) is 14.6 Å². The van der Waals surface area contributed by atoms with Gasteiger partial charge in [-0.2, -0.15) is 9.50 Å². The molecule has 0 fully saturated rings. The van der Waals surface area contributed by atoms with Crippen molar-refractivity contribution >= 4 is 38.3 Å². The average molecular weight is 398 g/mol. The van der Waals surface area contributed by atoms with Crippen molar-refractivity contribution in [3.63, 3.8) is 0 Å². The van der Waals surface area contributed by atoms with E-state index in [9.17, 15) is 4.79 Å². The molecule has 0 radical (unpaired) electrons. The van der Waals surface area contributed by atoms with E-state index in [2.05, 4.69) is 26.0 Å². The third-order valence-electron chi connectivity index (χ3n) is 3.74. The van der Waals surface area contributed by atoms with E-state index in [1.54, 1.807) is 0 Å². The number of benzene rings is 2. The average Bonchev–Trinajstić information content (AvgIpc) is 3.10. The van der Waals surface area contributed by atoms with Crippen LogP contribution in [0.1, 0.15) is 11.1 Å². The number of hydrogen-bond donors (Lipinski definition) is 0. The highest BCUT2D eigenvalue weighted by Gasteiger charge is 2.13. The van der Waals surface area contributed by atoms with E-state index in [0.29, 0.717) is 15.3 Å². The van der Waals surface area contributed by atoms with E-state index >= 15 is 0 Å². The molecule has 0 atom stereocenters. The first-order valence-electron chi connectivity index (χ1n) is 7.35. The predicted octanol–water partition coefficient (Wildman–Crippen LogP) is 3.44. The summed E-state index contributed by atoms with van der Waals surface area (Å²) < 4.78 is 3.02. The predicted molar refractivity (Wildman–Crippen MR) is 100 cm³/mol. The molecular formula is C18H12BrN3OS. The molecule has 4 rings (SSSR count). The maximum atomic E-state index is 12.6. The van der Waals surface area contributed by atoms with E-state index in [1.807, 2.05) is 61.5 Å². The van der Waals surface area contributed by atoms with Crippen molar-refractivity contribution in [2.45, 2.75) is 6.92 Å². The molecule has 6 heteroatoms. The van der Waals surface area contributed by atoms with Gasteiger partial charge in [0.05, 0.1) is 4.53 Å². The molecular weight excluding hydrogens is 386 g/mol. The van der Waals surface area contributed by atoms with Crippen LogP contribution in [0.25, 0.3) is 22.4 Å². The molecule has 118 valence electrons. The van der Waals surface area contributed by atoms with Gasteiger partial charge in [0.15, 0.2) is 5.82 Å². The maximum absolute atomic E-state index is 12.6. The summed E-state index contributed by atoms with van der Waals surface area (Å²) >= 11 is 4.76. The number of thiazole rings is 1. The molecule has 0 unspecified atom stereocenters. The second-order valence-electron chi connectivity index (χ2n) is 5.41. The number of rotatable bonds is 2. The fourth-order valence-electron chi connectivity index (χ4n) is 2.48. The summed E-state index contributed by atoms with van der Waals surface area (Å²) in [5.74, 6) is 0.589. The van der Waals surface area contributed by atoms with Gasteiger partial charge in [-0.25, -0.2) is 0 Å². The molecule has 0 saturated carbocycles. The van der Waals surface area contributed by atoms with Crippen molar-refractivity contribution in [1.29, 1.82) is 0 Å². The first-order valence-corrected chi connectivity index (χ1v) is 8.95. The molecule has 0 aliphatic rings. The van der Waals surface area contributed by atoms with Crippen LogP contribution in [0.2, 0.25) is 0 Å². The SMILES string of the molecule is Cc1ccccc1-c1nc2sc(=Cc3ccc(Br)cc3)c(=O)n2n1. The Morgan fingerprint density at radius 3 is 2.58 bits per heavy atom. The van der Waals surface area contributed by atoms with E-state index in [1.165, 1.54) is 15.9 Å². The van der Waals surface area contributed by atoms with Crippen LogP contribution in [0.4, 0.5) is 0 Å². The maximum Gasteiger partial charge on any atom is 0.291 e. The Morgan fingerprint density at radius 2 is 1.88 bits per heavy atom. The van der Waals surface area contributed by atoms with E-state index < -0.39 is 0 Å². The third kappa shape index (κ3) is 2.68. The fraction of sp³-hybridized carbons (Fsp3) is 0.0556. The smallest absolute Gasteiger partial charge is 0.266 e. The second-order valence-corrected chi connectivity index (χ2v) is 7.34. The Bertz CT molecular complexity index is 1150. The number of halogens is 1. The first-order chi connectivity index (χ1) is 11.6. The highest BCUT2D eigenvalue weighted by Crippen LogP contribution is 2.20. The Balaban J connectivity index is 1.83. The Labute approximate surface area is 150 Å². The molecule has 4 aromatic rings. The number of aromatic nitrogens is 3. The molecule has 0 saturated heterocycles. The van der Waals surface area contributed by atoms with Crippen LogP contribution in [0, 0.1) is 6.92 Å². The van der Waals surface area contributed by atoms with Crippen molar-refractivity contribution < 1.29 is 0 Å². The van der Waals surface area contributed by atoms with Crippen molar-refractivity contribution in [3.05, 3.63) is 79.0 Å². The van der Waals surface area contributed by atoms with Crippen LogP contribution >= 0.6 is 27.3 Å². The minimum atomic E-state index is -0.134. The van der Waals surface area contributed by atoms with Gasteiger partial charge in [0.1, 0.15) is 0 Å². The summed E-state index contributed by atoms with van der Waals surface area (Å²) in [6.45, 7) is 2.01. The molecule has 0 bridgehead atoms. The highest BCUT2D eigenvalue weighted by atomic mass is 79.9. The molecule has 4 nitrogen and oxygen atoms in total. The molecule has 0 aliphatic heterocycles. The minimum absolute atomic E-state index is 0.134. The van der Waals surface area contributed by atoms with E-state index in [-0.39, 0.29) is 5.56 Å². The van der Waals surface area contributed by atoms with Crippen LogP contribution in [0.15, 0.2) is 57.8 Å². The fourth-order valence-corrected chi connectivity index (χ4v) is 3.65. The summed E-state index contributed by atoms with van der Waals surface area (Å²) in [7, 11) is 0. The van der Waals surface area contributed by atoms with Gasteiger partial charge in [-0.05, 0) is 36.3 Å². The lowest BCUT2D eigenvalue weighted by atomic mass is 10.1. The van der Waals surface area contributed by atoms with Crippen LogP contribution in [0.3, 0.4) is 0 Å². The molecule has 2 aromatic heterocycles. The van der Waals surface area contributed by atoms with E-state index in [0.717, 1.165) is 21.2 Å². The number of hydrogen-bond acceptors (Lipinski definition) is 4. The Morgan fingerprint density at radius 1 is 1.12 bits per heavy atom. The summed E-state index contributed by atoms with van der Waals surface area (Å²) in [5, 5.41) is 4.40. The normalized spacial score (nSPS) is 12.2. The molecule has 2 aromatic carbocycles. The monoisotopic (exact) mass is 397 g/mol. The van der Waals surface area contributed by atoms with Gasteiger partial charge in [-0.3, -0.25) is 4.79 Å². The quantitative estimate of drug-likeness (QED) is 0.520. The standard InChI is InChI=1S/C18H12BrN3OS/c1-11-4-2-3-5-14(11)16-20-18-22(21-16)17(23)15(24-18)10-12-6-8-13(19)9-7-12/h2-10H,1H3. The first kappa shape index (κ1) is 15.2. The van der Waals surface area contributed by atoms with Gasteiger partial charge in [0.2, 0.25) is 4.96 Å². The topological polar surface area (TPSA) is 47.3 Å². The van der Waals surface area contributed by atoms with Gasteiger partial charge in [0.25, 0.3) is 5.56 Å². The largest absolute Gasteiger partial charge is 0.291 e. The van der Waals surface area contributed by atoms with Crippen LogP contribution in [-0.2, 0) is 0 Å². The van der Waals surface area contributed by atoms with E-state index in [4.69, 9.17) is 0 Å². The minimum Gasteiger partial charge on any atom is -0.266 e. The number of fused-ring (bicyclic) bond motifs is 1. The third-order valence-corrected chi connectivity index (χ3v) is 5.22. The molecule has 24 heavy (non-hydrogen) atoms. The zero-order valence-electron chi connectivity index (χ0n) is 12.7. The summed E-state index contributed by atoms with van der Waals surface area (Å²) in [6, 6.07) is 15.7. The van der Waals surface area contributed by atoms with Crippen LogP contribution < -0.4 is 10.1 Å². The molecule has 0 spiro atoms. The van der Waals surface area contributed by atoms with Gasteiger partial charge >= 0.3 is 0 Å². The van der Waals surface area contributed by atoms with Gasteiger partial charge in [0, 0.05) is 10.0 Å². The summed E-state index contributed by atoms with van der Waals surface area (Å²) in [6.07, 6.45) is 1.86. The summed E-state index contributed by atoms with van der Waals surface area (Å²) in [4.78, 5) is 17.7.